The van der Waals surface area contributed by atoms with Crippen molar-refractivity contribution in [3.8, 4) is 11.5 Å². The van der Waals surface area contributed by atoms with Gasteiger partial charge in [-0.25, -0.2) is 0 Å². The first-order valence-corrected chi connectivity index (χ1v) is 9.21. The maximum atomic E-state index is 12.7. The van der Waals surface area contributed by atoms with Crippen molar-refractivity contribution in [1.29, 1.82) is 0 Å². The van der Waals surface area contributed by atoms with Gasteiger partial charge in [0.2, 0.25) is 0 Å². The van der Waals surface area contributed by atoms with Crippen LogP contribution >= 0.6 is 0 Å². The predicted molar refractivity (Wildman–Crippen MR) is 112 cm³/mol. The summed E-state index contributed by atoms with van der Waals surface area (Å²) in [6.45, 7) is 6.33. The minimum absolute atomic E-state index is 0.159. The Morgan fingerprint density at radius 3 is 2.32 bits per heavy atom. The summed E-state index contributed by atoms with van der Waals surface area (Å²) >= 11 is 0. The Kier molecular flexibility index (Phi) is 5.99. The van der Waals surface area contributed by atoms with Gasteiger partial charge in [-0.05, 0) is 68.3 Å². The Morgan fingerprint density at radius 2 is 1.61 bits per heavy atom. The molecular weight excluding hydrogens is 350 g/mol. The lowest BCUT2D eigenvalue weighted by atomic mass is 10.1. The van der Waals surface area contributed by atoms with E-state index < -0.39 is 0 Å². The van der Waals surface area contributed by atoms with Crippen LogP contribution in [0.2, 0.25) is 0 Å². The summed E-state index contributed by atoms with van der Waals surface area (Å²) in [6.07, 6.45) is 0. The molecule has 28 heavy (non-hydrogen) atoms. The molecule has 0 saturated carbocycles. The highest BCUT2D eigenvalue weighted by Gasteiger charge is 2.12. The van der Waals surface area contributed by atoms with Gasteiger partial charge in [0.15, 0.2) is 0 Å². The molecule has 0 atom stereocenters. The van der Waals surface area contributed by atoms with Crippen molar-refractivity contribution in [2.45, 2.75) is 27.4 Å². The maximum Gasteiger partial charge on any atom is 0.255 e. The molecule has 0 radical (unpaired) electrons. The number of aryl methyl sites for hydroxylation is 3. The number of hydrogen-bond acceptors (Lipinski definition) is 3. The molecular formula is C24H25NO3. The van der Waals surface area contributed by atoms with Gasteiger partial charge in [-0.2, -0.15) is 0 Å². The average molecular weight is 375 g/mol. The van der Waals surface area contributed by atoms with Crippen LogP contribution in [0.4, 0.5) is 5.69 Å². The summed E-state index contributed by atoms with van der Waals surface area (Å²) in [5, 5.41) is 2.99. The highest BCUT2D eigenvalue weighted by atomic mass is 16.5. The van der Waals surface area contributed by atoms with E-state index in [2.05, 4.69) is 5.32 Å². The Bertz CT molecular complexity index is 978. The van der Waals surface area contributed by atoms with Crippen molar-refractivity contribution in [3.05, 3.63) is 88.5 Å². The summed E-state index contributed by atoms with van der Waals surface area (Å²) in [6, 6.07) is 19.2. The van der Waals surface area contributed by atoms with Crippen molar-refractivity contribution in [2.24, 2.45) is 0 Å². The average Bonchev–Trinajstić information content (AvgIpc) is 2.70. The molecule has 4 nitrogen and oxygen atoms in total. The van der Waals surface area contributed by atoms with E-state index in [1.165, 1.54) is 5.56 Å². The quantitative estimate of drug-likeness (QED) is 0.623. The van der Waals surface area contributed by atoms with E-state index in [1.54, 1.807) is 19.2 Å². The third-order valence-corrected chi connectivity index (χ3v) is 4.60. The summed E-state index contributed by atoms with van der Waals surface area (Å²) in [4.78, 5) is 12.7. The number of carbonyl (C=O) groups excluding carboxylic acids is 1. The normalized spacial score (nSPS) is 10.4. The smallest absolute Gasteiger partial charge is 0.255 e. The Balaban J connectivity index is 1.78. The monoisotopic (exact) mass is 375 g/mol. The third kappa shape index (κ3) is 4.71. The van der Waals surface area contributed by atoms with Crippen molar-refractivity contribution >= 4 is 11.6 Å². The molecule has 0 aliphatic rings. The first kappa shape index (κ1) is 19.5. The lowest BCUT2D eigenvalue weighted by molar-refractivity contribution is 0.102. The van der Waals surface area contributed by atoms with Crippen LogP contribution in [0.3, 0.4) is 0 Å². The molecule has 0 spiro atoms. The molecule has 4 heteroatoms. The van der Waals surface area contributed by atoms with E-state index in [1.807, 2.05) is 69.3 Å². The van der Waals surface area contributed by atoms with E-state index in [0.29, 0.717) is 17.9 Å². The molecule has 3 aromatic carbocycles. The van der Waals surface area contributed by atoms with Gasteiger partial charge in [0.05, 0.1) is 7.11 Å². The van der Waals surface area contributed by atoms with Crippen LogP contribution in [0.15, 0.2) is 60.7 Å². The number of benzene rings is 3. The fourth-order valence-corrected chi connectivity index (χ4v) is 2.89. The number of ether oxygens (including phenoxy) is 2. The number of nitrogens with one attached hydrogen (secondary N) is 1. The summed E-state index contributed by atoms with van der Waals surface area (Å²) in [5.41, 5.74) is 5.49. The molecule has 0 saturated heterocycles. The lowest BCUT2D eigenvalue weighted by Crippen LogP contribution is -2.13. The molecule has 0 aliphatic carbocycles. The van der Waals surface area contributed by atoms with E-state index in [4.69, 9.17) is 9.47 Å². The maximum absolute atomic E-state index is 12.7. The van der Waals surface area contributed by atoms with Crippen LogP contribution in [0.25, 0.3) is 0 Å². The minimum atomic E-state index is -0.159. The fraction of sp³-hybridized carbons (Fsp3) is 0.208. The van der Waals surface area contributed by atoms with Gasteiger partial charge in [-0.1, -0.05) is 29.8 Å². The topological polar surface area (TPSA) is 47.6 Å². The molecule has 1 N–H and O–H groups in total. The van der Waals surface area contributed by atoms with Crippen LogP contribution in [0.5, 0.6) is 11.5 Å². The summed E-state index contributed by atoms with van der Waals surface area (Å²) < 4.78 is 11.3. The number of methoxy groups -OCH3 is 1. The Morgan fingerprint density at radius 1 is 0.893 bits per heavy atom. The van der Waals surface area contributed by atoms with E-state index in [-0.39, 0.29) is 5.91 Å². The predicted octanol–water partition coefficient (Wildman–Crippen LogP) is 5.45. The van der Waals surface area contributed by atoms with Crippen LogP contribution in [0.1, 0.15) is 32.6 Å². The highest BCUT2D eigenvalue weighted by Crippen LogP contribution is 2.24. The molecule has 0 heterocycles. The molecule has 0 unspecified atom stereocenters. The Labute approximate surface area is 166 Å². The van der Waals surface area contributed by atoms with Gasteiger partial charge >= 0.3 is 0 Å². The lowest BCUT2D eigenvalue weighted by Gasteiger charge is -2.13. The second-order valence-electron chi connectivity index (χ2n) is 6.90. The minimum Gasteiger partial charge on any atom is -0.496 e. The van der Waals surface area contributed by atoms with Crippen molar-refractivity contribution in [2.75, 3.05) is 12.4 Å². The first-order valence-electron chi connectivity index (χ1n) is 9.21. The van der Waals surface area contributed by atoms with Crippen molar-refractivity contribution < 1.29 is 14.3 Å². The highest BCUT2D eigenvalue weighted by molar-refractivity contribution is 6.04. The van der Waals surface area contributed by atoms with Crippen molar-refractivity contribution in [1.82, 2.24) is 0 Å². The molecule has 0 bridgehead atoms. The molecule has 144 valence electrons. The molecule has 0 aliphatic heterocycles. The Hall–Kier alpha value is -3.27. The van der Waals surface area contributed by atoms with Crippen LogP contribution in [0, 0.1) is 20.8 Å². The second-order valence-corrected chi connectivity index (χ2v) is 6.90. The van der Waals surface area contributed by atoms with E-state index in [9.17, 15) is 4.79 Å². The third-order valence-electron chi connectivity index (χ3n) is 4.60. The zero-order chi connectivity index (χ0) is 20.1. The number of anilines is 1. The SMILES string of the molecule is COc1ccc(C(=O)Nc2cc(C)ccc2C)cc1COc1ccc(C)cc1. The first-order chi connectivity index (χ1) is 13.5. The van der Waals surface area contributed by atoms with Gasteiger partial charge in [0, 0.05) is 16.8 Å². The van der Waals surface area contributed by atoms with E-state index in [0.717, 1.165) is 28.1 Å². The van der Waals surface area contributed by atoms with Crippen LogP contribution < -0.4 is 14.8 Å². The summed E-state index contributed by atoms with van der Waals surface area (Å²) in [7, 11) is 1.61. The van der Waals surface area contributed by atoms with E-state index >= 15 is 0 Å². The fourth-order valence-electron chi connectivity index (χ4n) is 2.89. The number of amides is 1. The zero-order valence-corrected chi connectivity index (χ0v) is 16.7. The largest absolute Gasteiger partial charge is 0.496 e. The van der Waals surface area contributed by atoms with Gasteiger partial charge in [-0.3, -0.25) is 4.79 Å². The number of carbonyl (C=O) groups is 1. The summed E-state index contributed by atoms with van der Waals surface area (Å²) in [5.74, 6) is 1.31. The molecule has 1 amide bonds. The van der Waals surface area contributed by atoms with Crippen LogP contribution in [-0.2, 0) is 6.61 Å². The van der Waals surface area contributed by atoms with Gasteiger partial charge < -0.3 is 14.8 Å². The van der Waals surface area contributed by atoms with Crippen LogP contribution in [-0.4, -0.2) is 13.0 Å². The van der Waals surface area contributed by atoms with Crippen molar-refractivity contribution in [3.63, 3.8) is 0 Å². The standard InChI is InChI=1S/C24H25NO3/c1-16-6-10-21(11-7-16)28-15-20-14-19(9-12-23(20)27-4)24(26)25-22-13-17(2)5-8-18(22)3/h5-14H,15H2,1-4H3,(H,25,26). The molecule has 3 aromatic rings. The number of hydrogen-bond donors (Lipinski definition) is 1. The molecule has 0 fully saturated rings. The zero-order valence-electron chi connectivity index (χ0n) is 16.7. The number of rotatable bonds is 6. The second kappa shape index (κ2) is 8.61. The van der Waals surface area contributed by atoms with Gasteiger partial charge in [-0.15, -0.1) is 0 Å². The molecule has 0 aromatic heterocycles. The molecule has 3 rings (SSSR count). The van der Waals surface area contributed by atoms with Gasteiger partial charge in [0.1, 0.15) is 18.1 Å². The van der Waals surface area contributed by atoms with Gasteiger partial charge in [0.25, 0.3) is 5.91 Å².